The molecule has 1 unspecified atom stereocenters. The summed E-state index contributed by atoms with van der Waals surface area (Å²) in [6.45, 7) is 7.14. The molecule has 2 N–H and O–H groups in total. The Bertz CT molecular complexity index is 1280. The van der Waals surface area contributed by atoms with Crippen LogP contribution in [0.5, 0.6) is 0 Å². The molecule has 0 aliphatic carbocycles. The molecule has 0 fully saturated rings. The Hall–Kier alpha value is -3.48. The molecule has 1 amide bonds. The Kier molecular flexibility index (Phi) is 8.18. The predicted molar refractivity (Wildman–Crippen MR) is 144 cm³/mol. The van der Waals surface area contributed by atoms with E-state index in [1.165, 1.54) is 5.56 Å². The summed E-state index contributed by atoms with van der Waals surface area (Å²) in [5.41, 5.74) is 5.73. The van der Waals surface area contributed by atoms with Crippen LogP contribution in [0, 0.1) is 0 Å². The SMILES string of the molecule is CCN(CC)Cc1ccc(N=C(c2cccc(CCC(=O)O)c2)C2C(=O)Nc3cc(Cl)ccc32)cc1. The van der Waals surface area contributed by atoms with E-state index in [-0.39, 0.29) is 12.3 Å². The maximum absolute atomic E-state index is 13.2. The van der Waals surface area contributed by atoms with E-state index in [1.54, 1.807) is 12.1 Å². The molecule has 0 saturated carbocycles. The van der Waals surface area contributed by atoms with Crippen molar-refractivity contribution < 1.29 is 14.7 Å². The van der Waals surface area contributed by atoms with Crippen molar-refractivity contribution >= 4 is 40.6 Å². The topological polar surface area (TPSA) is 82.0 Å². The average molecular weight is 504 g/mol. The lowest BCUT2D eigenvalue weighted by Crippen LogP contribution is -2.22. The Morgan fingerprint density at radius 2 is 1.78 bits per heavy atom. The molecule has 0 spiro atoms. The van der Waals surface area contributed by atoms with E-state index >= 15 is 0 Å². The van der Waals surface area contributed by atoms with E-state index in [0.29, 0.717) is 22.8 Å². The molecule has 1 aliphatic rings. The van der Waals surface area contributed by atoms with Crippen molar-refractivity contribution in [3.8, 4) is 0 Å². The molecule has 1 heterocycles. The van der Waals surface area contributed by atoms with Crippen LogP contribution in [0.2, 0.25) is 5.02 Å². The number of amides is 1. The number of nitrogens with zero attached hydrogens (tertiary/aromatic N) is 2. The third-order valence-electron chi connectivity index (χ3n) is 6.46. The summed E-state index contributed by atoms with van der Waals surface area (Å²) in [4.78, 5) is 31.6. The number of carbonyl (C=O) groups is 2. The first-order valence-electron chi connectivity index (χ1n) is 12.2. The van der Waals surface area contributed by atoms with Crippen LogP contribution in [0.4, 0.5) is 11.4 Å². The van der Waals surface area contributed by atoms with Gasteiger partial charge in [-0.2, -0.15) is 0 Å². The van der Waals surface area contributed by atoms with Gasteiger partial charge in [-0.1, -0.05) is 61.8 Å². The first-order chi connectivity index (χ1) is 17.4. The van der Waals surface area contributed by atoms with Crippen LogP contribution < -0.4 is 5.32 Å². The first-order valence-corrected chi connectivity index (χ1v) is 12.6. The number of aryl methyl sites for hydroxylation is 1. The number of aliphatic carboxylic acids is 1. The number of rotatable bonds is 10. The number of aliphatic imine (C=N–C) groups is 1. The van der Waals surface area contributed by atoms with E-state index in [9.17, 15) is 9.59 Å². The van der Waals surface area contributed by atoms with E-state index in [2.05, 4.69) is 36.2 Å². The van der Waals surface area contributed by atoms with Gasteiger partial charge in [-0.25, -0.2) is 0 Å². The second-order valence-electron chi connectivity index (χ2n) is 8.87. The molecule has 3 aromatic carbocycles. The highest BCUT2D eigenvalue weighted by Crippen LogP contribution is 2.38. The van der Waals surface area contributed by atoms with Crippen molar-refractivity contribution in [1.82, 2.24) is 4.90 Å². The van der Waals surface area contributed by atoms with Crippen LogP contribution in [0.3, 0.4) is 0 Å². The number of fused-ring (bicyclic) bond motifs is 1. The molecule has 0 saturated heterocycles. The van der Waals surface area contributed by atoms with Gasteiger partial charge in [0.05, 0.1) is 11.4 Å². The minimum Gasteiger partial charge on any atom is -0.481 e. The van der Waals surface area contributed by atoms with Crippen molar-refractivity contribution in [3.05, 3.63) is 94.0 Å². The van der Waals surface area contributed by atoms with Gasteiger partial charge < -0.3 is 10.4 Å². The summed E-state index contributed by atoms with van der Waals surface area (Å²) >= 11 is 6.16. The number of carbonyl (C=O) groups excluding carboxylic acids is 1. The van der Waals surface area contributed by atoms with Crippen molar-refractivity contribution in [2.75, 3.05) is 18.4 Å². The highest BCUT2D eigenvalue weighted by molar-refractivity contribution is 6.31. The Morgan fingerprint density at radius 3 is 2.47 bits per heavy atom. The fourth-order valence-corrected chi connectivity index (χ4v) is 4.63. The number of carboxylic acids is 1. The summed E-state index contributed by atoms with van der Waals surface area (Å²) in [7, 11) is 0. The van der Waals surface area contributed by atoms with Gasteiger partial charge in [0.1, 0.15) is 5.92 Å². The fourth-order valence-electron chi connectivity index (χ4n) is 4.46. The predicted octanol–water partition coefficient (Wildman–Crippen LogP) is 6.06. The molecule has 3 aromatic rings. The molecular formula is C29H30ClN3O3. The number of hydrogen-bond acceptors (Lipinski definition) is 4. The standard InChI is InChI=1S/C29H30ClN3O3/c1-3-33(4-2)18-20-8-12-23(13-9-20)31-28(21-7-5-6-19(16-21)10-15-26(34)35)27-24-14-11-22(30)17-25(24)32-29(27)36/h5-9,11-14,16-17,27H,3-4,10,15,18H2,1-2H3,(H,32,36)(H,34,35). The largest absolute Gasteiger partial charge is 0.481 e. The van der Waals surface area contributed by atoms with E-state index in [0.717, 1.165) is 42.0 Å². The van der Waals surface area contributed by atoms with Gasteiger partial charge >= 0.3 is 5.97 Å². The van der Waals surface area contributed by atoms with Crippen molar-refractivity contribution in [3.63, 3.8) is 0 Å². The summed E-state index contributed by atoms with van der Waals surface area (Å²) < 4.78 is 0. The number of carboxylic acid groups (broad SMARTS) is 1. The fraction of sp³-hybridized carbons (Fsp3) is 0.276. The van der Waals surface area contributed by atoms with Gasteiger partial charge in [-0.15, -0.1) is 0 Å². The Labute approximate surface area is 216 Å². The van der Waals surface area contributed by atoms with Crippen LogP contribution in [-0.4, -0.2) is 40.7 Å². The second kappa shape index (κ2) is 11.5. The molecule has 1 aliphatic heterocycles. The molecule has 1 atom stereocenters. The lowest BCUT2D eigenvalue weighted by Gasteiger charge is -2.18. The quantitative estimate of drug-likeness (QED) is 0.330. The van der Waals surface area contributed by atoms with Gasteiger partial charge in [0.15, 0.2) is 0 Å². The normalized spacial score (nSPS) is 15.2. The van der Waals surface area contributed by atoms with E-state index in [4.69, 9.17) is 21.7 Å². The zero-order valence-electron chi connectivity index (χ0n) is 20.5. The molecule has 7 heteroatoms. The molecule has 186 valence electrons. The maximum atomic E-state index is 13.2. The maximum Gasteiger partial charge on any atom is 0.303 e. The minimum atomic E-state index is -0.847. The average Bonchev–Trinajstić information content (AvgIpc) is 3.20. The van der Waals surface area contributed by atoms with Crippen LogP contribution in [-0.2, 0) is 22.6 Å². The van der Waals surface area contributed by atoms with Crippen molar-refractivity contribution in [2.24, 2.45) is 4.99 Å². The lowest BCUT2D eigenvalue weighted by molar-refractivity contribution is -0.137. The molecule has 36 heavy (non-hydrogen) atoms. The lowest BCUT2D eigenvalue weighted by atomic mass is 9.89. The summed E-state index contributed by atoms with van der Waals surface area (Å²) in [6.07, 6.45) is 0.439. The molecule has 0 bridgehead atoms. The number of anilines is 1. The summed E-state index contributed by atoms with van der Waals surface area (Å²) in [5.74, 6) is -1.62. The second-order valence-corrected chi connectivity index (χ2v) is 9.31. The van der Waals surface area contributed by atoms with Crippen LogP contribution in [0.25, 0.3) is 0 Å². The Balaban J connectivity index is 1.75. The molecule has 4 rings (SSSR count). The number of nitrogens with one attached hydrogen (secondary N) is 1. The van der Waals surface area contributed by atoms with E-state index < -0.39 is 11.9 Å². The van der Waals surface area contributed by atoms with Gasteiger partial charge in [0.25, 0.3) is 0 Å². The Morgan fingerprint density at radius 1 is 1.03 bits per heavy atom. The van der Waals surface area contributed by atoms with Crippen molar-refractivity contribution in [1.29, 1.82) is 0 Å². The van der Waals surface area contributed by atoms with Gasteiger partial charge in [0, 0.05) is 23.7 Å². The molecule has 6 nitrogen and oxygen atoms in total. The number of hydrogen-bond donors (Lipinski definition) is 2. The third kappa shape index (κ3) is 6.01. The van der Waals surface area contributed by atoms with Gasteiger partial charge in [-0.05, 0) is 72.1 Å². The minimum absolute atomic E-state index is 0.0369. The number of halogens is 1. The van der Waals surface area contributed by atoms with Crippen LogP contribution in [0.15, 0.2) is 71.7 Å². The van der Waals surface area contributed by atoms with Crippen LogP contribution >= 0.6 is 11.6 Å². The summed E-state index contributed by atoms with van der Waals surface area (Å²) in [5, 5.41) is 12.6. The summed E-state index contributed by atoms with van der Waals surface area (Å²) in [6, 6.07) is 21.1. The highest BCUT2D eigenvalue weighted by Gasteiger charge is 2.35. The highest BCUT2D eigenvalue weighted by atomic mass is 35.5. The molecular weight excluding hydrogens is 474 g/mol. The van der Waals surface area contributed by atoms with Gasteiger partial charge in [0.2, 0.25) is 5.91 Å². The monoisotopic (exact) mass is 503 g/mol. The smallest absolute Gasteiger partial charge is 0.303 e. The zero-order valence-corrected chi connectivity index (χ0v) is 21.3. The van der Waals surface area contributed by atoms with Crippen LogP contribution in [0.1, 0.15) is 48.4 Å². The molecule has 0 aromatic heterocycles. The number of benzene rings is 3. The van der Waals surface area contributed by atoms with E-state index in [1.807, 2.05) is 42.5 Å². The zero-order chi connectivity index (χ0) is 25.7. The third-order valence-corrected chi connectivity index (χ3v) is 6.69. The first kappa shape index (κ1) is 25.6. The van der Waals surface area contributed by atoms with Gasteiger partial charge in [-0.3, -0.25) is 19.5 Å². The molecule has 0 radical (unpaired) electrons. The van der Waals surface area contributed by atoms with Crippen molar-refractivity contribution in [2.45, 2.75) is 39.2 Å².